The highest BCUT2D eigenvalue weighted by Crippen LogP contribution is 2.23. The van der Waals surface area contributed by atoms with Crippen LogP contribution in [0.2, 0.25) is 0 Å². The number of aromatic nitrogens is 1. The highest BCUT2D eigenvalue weighted by molar-refractivity contribution is 7.71. The summed E-state index contributed by atoms with van der Waals surface area (Å²) < 4.78 is 2.38. The Hall–Kier alpha value is -2.59. The number of para-hydroxylation sites is 1. The standard InChI is InChI=1S/C18H16N2OS/c1-13-18(21)17(22)11-12-20(13)16-9-7-15(8-10-16)19-14-5-3-2-4-6-14/h2-12,19,21H,1H3. The predicted octanol–water partition coefficient (Wildman–Crippen LogP) is 4.96. The van der Waals surface area contributed by atoms with Gasteiger partial charge in [-0.15, -0.1) is 0 Å². The molecule has 0 amide bonds. The Labute approximate surface area is 134 Å². The Morgan fingerprint density at radius 1 is 0.909 bits per heavy atom. The van der Waals surface area contributed by atoms with Gasteiger partial charge in [0, 0.05) is 23.3 Å². The van der Waals surface area contributed by atoms with Crippen molar-refractivity contribution in [3.8, 4) is 11.4 Å². The first-order chi connectivity index (χ1) is 10.6. The van der Waals surface area contributed by atoms with Crippen LogP contribution in [0.3, 0.4) is 0 Å². The third-order valence-corrected chi connectivity index (χ3v) is 3.85. The SMILES string of the molecule is Cc1c(O)c(=S)ccn1-c1ccc(Nc2ccccc2)cc1. The minimum absolute atomic E-state index is 0.156. The summed E-state index contributed by atoms with van der Waals surface area (Å²) in [5.41, 5.74) is 3.77. The lowest BCUT2D eigenvalue weighted by Crippen LogP contribution is -2.00. The Balaban J connectivity index is 1.89. The van der Waals surface area contributed by atoms with E-state index in [-0.39, 0.29) is 5.75 Å². The van der Waals surface area contributed by atoms with Crippen LogP contribution < -0.4 is 5.32 Å². The lowest BCUT2D eigenvalue weighted by atomic mass is 10.2. The minimum atomic E-state index is 0.156. The van der Waals surface area contributed by atoms with Crippen molar-refractivity contribution in [1.29, 1.82) is 0 Å². The smallest absolute Gasteiger partial charge is 0.153 e. The summed E-state index contributed by atoms with van der Waals surface area (Å²) in [6.45, 7) is 1.85. The first kappa shape index (κ1) is 14.4. The molecule has 2 aromatic carbocycles. The van der Waals surface area contributed by atoms with Crippen LogP contribution >= 0.6 is 12.2 Å². The third kappa shape index (κ3) is 2.87. The maximum Gasteiger partial charge on any atom is 0.153 e. The van der Waals surface area contributed by atoms with Gasteiger partial charge in [-0.25, -0.2) is 0 Å². The molecule has 110 valence electrons. The predicted molar refractivity (Wildman–Crippen MR) is 92.7 cm³/mol. The van der Waals surface area contributed by atoms with Crippen molar-refractivity contribution in [3.05, 3.63) is 77.1 Å². The fraction of sp³-hybridized carbons (Fsp3) is 0.0556. The molecule has 0 bridgehead atoms. The molecule has 1 heterocycles. The minimum Gasteiger partial charge on any atom is -0.505 e. The number of rotatable bonds is 3. The number of nitrogens with zero attached hydrogens (tertiary/aromatic N) is 1. The molecular weight excluding hydrogens is 292 g/mol. The Bertz CT molecular complexity index is 839. The van der Waals surface area contributed by atoms with Crippen molar-refractivity contribution < 1.29 is 5.11 Å². The molecule has 0 atom stereocenters. The molecule has 0 aliphatic carbocycles. The van der Waals surface area contributed by atoms with E-state index in [4.69, 9.17) is 12.2 Å². The Kier molecular flexibility index (Phi) is 3.94. The molecule has 3 nitrogen and oxygen atoms in total. The molecule has 0 unspecified atom stereocenters. The van der Waals surface area contributed by atoms with Crippen molar-refractivity contribution in [2.24, 2.45) is 0 Å². The van der Waals surface area contributed by atoms with E-state index < -0.39 is 0 Å². The molecule has 0 saturated carbocycles. The zero-order chi connectivity index (χ0) is 15.5. The summed E-state index contributed by atoms with van der Waals surface area (Å²) in [6.07, 6.45) is 1.87. The van der Waals surface area contributed by atoms with Crippen molar-refractivity contribution in [1.82, 2.24) is 4.57 Å². The van der Waals surface area contributed by atoms with E-state index in [1.807, 2.05) is 72.3 Å². The first-order valence-corrected chi connectivity index (χ1v) is 7.40. The van der Waals surface area contributed by atoms with Gasteiger partial charge in [-0.1, -0.05) is 30.4 Å². The van der Waals surface area contributed by atoms with Crippen LogP contribution in [0.25, 0.3) is 5.69 Å². The highest BCUT2D eigenvalue weighted by atomic mass is 32.1. The number of hydrogen-bond donors (Lipinski definition) is 2. The second-order valence-corrected chi connectivity index (χ2v) is 5.46. The van der Waals surface area contributed by atoms with E-state index in [9.17, 15) is 5.11 Å². The molecule has 3 rings (SSSR count). The van der Waals surface area contributed by atoms with Crippen LogP contribution in [0, 0.1) is 11.4 Å². The van der Waals surface area contributed by atoms with Gasteiger partial charge in [0.05, 0.1) is 10.2 Å². The van der Waals surface area contributed by atoms with Gasteiger partial charge in [0.1, 0.15) is 0 Å². The molecule has 1 aromatic heterocycles. The van der Waals surface area contributed by atoms with E-state index >= 15 is 0 Å². The van der Waals surface area contributed by atoms with Crippen LogP contribution in [0.15, 0.2) is 66.9 Å². The number of hydrogen-bond acceptors (Lipinski definition) is 3. The highest BCUT2D eigenvalue weighted by Gasteiger charge is 2.05. The molecule has 2 N–H and O–H groups in total. The summed E-state index contributed by atoms with van der Waals surface area (Å²) in [4.78, 5) is 0. The van der Waals surface area contributed by atoms with Gasteiger partial charge >= 0.3 is 0 Å². The molecule has 4 heteroatoms. The van der Waals surface area contributed by atoms with Crippen molar-refractivity contribution in [2.75, 3.05) is 5.32 Å². The average molecular weight is 308 g/mol. The molecule has 0 saturated heterocycles. The molecule has 0 fully saturated rings. The first-order valence-electron chi connectivity index (χ1n) is 6.99. The molecular formula is C18H16N2OS. The van der Waals surface area contributed by atoms with Gasteiger partial charge in [0.2, 0.25) is 0 Å². The maximum atomic E-state index is 9.96. The fourth-order valence-corrected chi connectivity index (χ4v) is 2.51. The van der Waals surface area contributed by atoms with Gasteiger partial charge in [0.15, 0.2) is 5.75 Å². The third-order valence-electron chi connectivity index (χ3n) is 3.52. The largest absolute Gasteiger partial charge is 0.505 e. The number of aromatic hydroxyl groups is 1. The van der Waals surface area contributed by atoms with Crippen LogP contribution in [0.1, 0.15) is 5.69 Å². The number of pyridine rings is 1. The summed E-state index contributed by atoms with van der Waals surface area (Å²) >= 11 is 5.07. The molecule has 0 aliphatic heterocycles. The average Bonchev–Trinajstić information content (AvgIpc) is 2.55. The van der Waals surface area contributed by atoms with Gasteiger partial charge in [0.25, 0.3) is 0 Å². The van der Waals surface area contributed by atoms with E-state index in [0.29, 0.717) is 4.51 Å². The summed E-state index contributed by atoms with van der Waals surface area (Å²) in [5.74, 6) is 0.156. The van der Waals surface area contributed by atoms with E-state index in [0.717, 1.165) is 22.8 Å². The van der Waals surface area contributed by atoms with Gasteiger partial charge in [-0.05, 0) is 49.4 Å². The van der Waals surface area contributed by atoms with Gasteiger partial charge in [-0.3, -0.25) is 0 Å². The molecule has 0 aliphatic rings. The maximum absolute atomic E-state index is 9.96. The summed E-state index contributed by atoms with van der Waals surface area (Å²) in [5, 5.41) is 13.3. The number of anilines is 2. The summed E-state index contributed by atoms with van der Waals surface area (Å²) in [6, 6.07) is 19.8. The number of benzene rings is 2. The van der Waals surface area contributed by atoms with Crippen LogP contribution in [0.5, 0.6) is 5.75 Å². The second-order valence-electron chi connectivity index (χ2n) is 5.02. The molecule has 0 radical (unpaired) electrons. The van der Waals surface area contributed by atoms with Crippen molar-refractivity contribution >= 4 is 23.6 Å². The fourth-order valence-electron chi connectivity index (χ4n) is 2.30. The quantitative estimate of drug-likeness (QED) is 0.671. The van der Waals surface area contributed by atoms with Crippen molar-refractivity contribution in [3.63, 3.8) is 0 Å². The van der Waals surface area contributed by atoms with Crippen molar-refractivity contribution in [2.45, 2.75) is 6.92 Å². The van der Waals surface area contributed by atoms with Crippen LogP contribution in [0.4, 0.5) is 11.4 Å². The second kappa shape index (κ2) is 6.03. The molecule has 3 aromatic rings. The van der Waals surface area contributed by atoms with Gasteiger partial charge < -0.3 is 15.0 Å². The van der Waals surface area contributed by atoms with Crippen LogP contribution in [-0.2, 0) is 0 Å². The topological polar surface area (TPSA) is 37.2 Å². The Morgan fingerprint density at radius 2 is 1.55 bits per heavy atom. The number of nitrogens with one attached hydrogen (secondary N) is 1. The van der Waals surface area contributed by atoms with E-state index in [1.165, 1.54) is 0 Å². The molecule has 22 heavy (non-hydrogen) atoms. The lowest BCUT2D eigenvalue weighted by molar-refractivity contribution is 0.463. The lowest BCUT2D eigenvalue weighted by Gasteiger charge is -2.13. The Morgan fingerprint density at radius 3 is 2.23 bits per heavy atom. The van der Waals surface area contributed by atoms with Gasteiger partial charge in [-0.2, -0.15) is 0 Å². The zero-order valence-corrected chi connectivity index (χ0v) is 13.0. The monoisotopic (exact) mass is 308 g/mol. The van der Waals surface area contributed by atoms with E-state index in [1.54, 1.807) is 6.07 Å². The zero-order valence-electron chi connectivity index (χ0n) is 12.2. The normalized spacial score (nSPS) is 10.4. The van der Waals surface area contributed by atoms with Crippen LogP contribution in [-0.4, -0.2) is 9.67 Å². The molecule has 0 spiro atoms. The van der Waals surface area contributed by atoms with E-state index in [2.05, 4.69) is 5.32 Å². The summed E-state index contributed by atoms with van der Waals surface area (Å²) in [7, 11) is 0.